The molecule has 26 heavy (non-hydrogen) atoms. The number of hydrogen-bond donors (Lipinski definition) is 2. The highest BCUT2D eigenvalue weighted by Crippen LogP contribution is 2.22. The lowest BCUT2D eigenvalue weighted by molar-refractivity contribution is -0.123. The van der Waals surface area contributed by atoms with E-state index >= 15 is 0 Å². The molecule has 0 saturated carbocycles. The van der Waals surface area contributed by atoms with Crippen molar-refractivity contribution in [2.45, 2.75) is 0 Å². The molecule has 0 fully saturated rings. The van der Waals surface area contributed by atoms with E-state index in [1.165, 1.54) is 0 Å². The summed E-state index contributed by atoms with van der Waals surface area (Å²) in [5.74, 6) is -0.536. The van der Waals surface area contributed by atoms with E-state index in [0.717, 1.165) is 0 Å². The number of hydrogen-bond acceptors (Lipinski definition) is 3. The topological polar surface area (TPSA) is 72.4 Å². The van der Waals surface area contributed by atoms with Gasteiger partial charge in [0.15, 0.2) is 6.61 Å². The quantitative estimate of drug-likeness (QED) is 0.679. The van der Waals surface area contributed by atoms with Crippen molar-refractivity contribution in [3.63, 3.8) is 0 Å². The fourth-order valence-corrected chi connectivity index (χ4v) is 2.51. The third-order valence-corrected chi connectivity index (χ3v) is 3.85. The first-order valence-corrected chi connectivity index (χ1v) is 8.22. The highest BCUT2D eigenvalue weighted by atomic mass is 35.5. The Labute approximate surface area is 155 Å². The molecule has 3 rings (SSSR count). The molecule has 0 aliphatic heterocycles. The standard InChI is InChI=1S/C19H16ClN3O3/c20-15-8-2-4-10-17(15)26-13-18(24)21-22-19(25)14-7-1-3-9-16(14)23-11-5-6-12-23/h1-12H,13H2,(H,21,24)(H,22,25). The molecular formula is C19H16ClN3O3. The Morgan fingerprint density at radius 3 is 2.38 bits per heavy atom. The number of ether oxygens (including phenoxy) is 1. The highest BCUT2D eigenvalue weighted by molar-refractivity contribution is 6.32. The fraction of sp³-hybridized carbons (Fsp3) is 0.0526. The summed E-state index contributed by atoms with van der Waals surface area (Å²) in [6, 6.07) is 17.6. The largest absolute Gasteiger partial charge is 0.482 e. The Kier molecular flexibility index (Phi) is 5.56. The van der Waals surface area contributed by atoms with Crippen molar-refractivity contribution in [2.75, 3.05) is 6.61 Å². The summed E-state index contributed by atoms with van der Waals surface area (Å²) in [5.41, 5.74) is 5.85. The van der Waals surface area contributed by atoms with Gasteiger partial charge in [0.1, 0.15) is 5.75 Å². The van der Waals surface area contributed by atoms with Gasteiger partial charge in [-0.15, -0.1) is 0 Å². The van der Waals surface area contributed by atoms with Gasteiger partial charge in [-0.25, -0.2) is 0 Å². The van der Waals surface area contributed by atoms with Crippen LogP contribution in [0, 0.1) is 0 Å². The molecule has 6 nitrogen and oxygen atoms in total. The zero-order valence-corrected chi connectivity index (χ0v) is 14.4. The van der Waals surface area contributed by atoms with Crippen LogP contribution in [0.5, 0.6) is 5.75 Å². The molecule has 0 spiro atoms. The monoisotopic (exact) mass is 369 g/mol. The first kappa shape index (κ1) is 17.6. The average molecular weight is 370 g/mol. The maximum absolute atomic E-state index is 12.4. The van der Waals surface area contributed by atoms with Crippen LogP contribution in [0.1, 0.15) is 10.4 Å². The van der Waals surface area contributed by atoms with Crippen LogP contribution in [0.4, 0.5) is 0 Å². The average Bonchev–Trinajstić information content (AvgIpc) is 3.20. The Hall–Kier alpha value is -3.25. The van der Waals surface area contributed by atoms with Crippen molar-refractivity contribution in [3.8, 4) is 11.4 Å². The first-order chi connectivity index (χ1) is 12.6. The van der Waals surface area contributed by atoms with Crippen LogP contribution in [0.2, 0.25) is 5.02 Å². The maximum Gasteiger partial charge on any atom is 0.276 e. The molecule has 0 radical (unpaired) electrons. The Morgan fingerprint density at radius 1 is 0.923 bits per heavy atom. The van der Waals surface area contributed by atoms with Crippen LogP contribution in [-0.2, 0) is 4.79 Å². The lowest BCUT2D eigenvalue weighted by Gasteiger charge is -2.12. The molecule has 1 heterocycles. The molecule has 0 bridgehead atoms. The molecule has 0 aliphatic rings. The van der Waals surface area contributed by atoms with Gasteiger partial charge in [0.05, 0.1) is 16.3 Å². The van der Waals surface area contributed by atoms with Crippen molar-refractivity contribution in [1.82, 2.24) is 15.4 Å². The summed E-state index contributed by atoms with van der Waals surface area (Å²) < 4.78 is 7.14. The van der Waals surface area contributed by atoms with Gasteiger partial charge in [0.25, 0.3) is 11.8 Å². The number of carbonyl (C=O) groups is 2. The second-order valence-corrected chi connectivity index (χ2v) is 5.74. The van der Waals surface area contributed by atoms with E-state index < -0.39 is 11.8 Å². The number of nitrogens with zero attached hydrogens (tertiary/aromatic N) is 1. The van der Waals surface area contributed by atoms with Gasteiger partial charge < -0.3 is 9.30 Å². The van der Waals surface area contributed by atoms with Gasteiger partial charge in [-0.05, 0) is 36.4 Å². The Balaban J connectivity index is 1.58. The molecular weight excluding hydrogens is 354 g/mol. The number of nitrogens with one attached hydrogen (secondary N) is 2. The van der Waals surface area contributed by atoms with Crippen molar-refractivity contribution in [3.05, 3.63) is 83.6 Å². The predicted octanol–water partition coefficient (Wildman–Crippen LogP) is 2.97. The van der Waals surface area contributed by atoms with E-state index in [2.05, 4.69) is 10.9 Å². The first-order valence-electron chi connectivity index (χ1n) is 7.84. The van der Waals surface area contributed by atoms with Crippen LogP contribution in [0.3, 0.4) is 0 Å². The maximum atomic E-state index is 12.4. The van der Waals surface area contributed by atoms with Crippen molar-refractivity contribution in [2.24, 2.45) is 0 Å². The van der Waals surface area contributed by atoms with Crippen LogP contribution in [-0.4, -0.2) is 23.0 Å². The van der Waals surface area contributed by atoms with E-state index in [1.807, 2.05) is 41.2 Å². The lowest BCUT2D eigenvalue weighted by atomic mass is 10.1. The zero-order valence-electron chi connectivity index (χ0n) is 13.7. The lowest BCUT2D eigenvalue weighted by Crippen LogP contribution is -2.44. The van der Waals surface area contributed by atoms with Gasteiger partial charge in [0, 0.05) is 12.4 Å². The summed E-state index contributed by atoms with van der Waals surface area (Å²) in [7, 11) is 0. The molecule has 0 unspecified atom stereocenters. The smallest absolute Gasteiger partial charge is 0.276 e. The number of halogens is 1. The SMILES string of the molecule is O=C(COc1ccccc1Cl)NNC(=O)c1ccccc1-n1cccc1. The van der Waals surface area contributed by atoms with Gasteiger partial charge in [0.2, 0.25) is 0 Å². The molecule has 2 N–H and O–H groups in total. The highest BCUT2D eigenvalue weighted by Gasteiger charge is 2.13. The Morgan fingerprint density at radius 2 is 1.62 bits per heavy atom. The minimum absolute atomic E-state index is 0.275. The third kappa shape index (κ3) is 4.23. The van der Waals surface area contributed by atoms with Crippen LogP contribution >= 0.6 is 11.6 Å². The number of carbonyl (C=O) groups excluding carboxylic acids is 2. The summed E-state index contributed by atoms with van der Waals surface area (Å²) >= 11 is 5.95. The van der Waals surface area contributed by atoms with Crippen LogP contribution in [0.15, 0.2) is 73.1 Å². The number of aromatic nitrogens is 1. The molecule has 0 saturated heterocycles. The minimum Gasteiger partial charge on any atom is -0.482 e. The molecule has 2 aromatic carbocycles. The second-order valence-electron chi connectivity index (χ2n) is 5.33. The third-order valence-electron chi connectivity index (χ3n) is 3.54. The van der Waals surface area contributed by atoms with E-state index in [1.54, 1.807) is 36.4 Å². The summed E-state index contributed by atoms with van der Waals surface area (Å²) in [5, 5.41) is 0.407. The zero-order chi connectivity index (χ0) is 18.4. The van der Waals surface area contributed by atoms with Gasteiger partial charge in [-0.3, -0.25) is 20.4 Å². The van der Waals surface area contributed by atoms with Gasteiger partial charge in [-0.2, -0.15) is 0 Å². The van der Waals surface area contributed by atoms with Crippen LogP contribution < -0.4 is 15.6 Å². The molecule has 3 aromatic rings. The minimum atomic E-state index is -0.503. The van der Waals surface area contributed by atoms with Gasteiger partial charge in [-0.1, -0.05) is 35.9 Å². The normalized spacial score (nSPS) is 10.2. The van der Waals surface area contributed by atoms with Crippen LogP contribution in [0.25, 0.3) is 5.69 Å². The van der Waals surface area contributed by atoms with Gasteiger partial charge >= 0.3 is 0 Å². The van der Waals surface area contributed by atoms with E-state index in [4.69, 9.17) is 16.3 Å². The molecule has 1 aromatic heterocycles. The van der Waals surface area contributed by atoms with E-state index in [0.29, 0.717) is 22.0 Å². The number of hydrazine groups is 1. The van der Waals surface area contributed by atoms with E-state index in [9.17, 15) is 9.59 Å². The number of para-hydroxylation sites is 2. The van der Waals surface area contributed by atoms with E-state index in [-0.39, 0.29) is 6.61 Å². The number of benzene rings is 2. The number of rotatable bonds is 5. The van der Waals surface area contributed by atoms with Crippen molar-refractivity contribution in [1.29, 1.82) is 0 Å². The molecule has 7 heteroatoms. The molecule has 132 valence electrons. The molecule has 0 aliphatic carbocycles. The Bertz CT molecular complexity index is 910. The fourth-order valence-electron chi connectivity index (χ4n) is 2.32. The molecule has 0 atom stereocenters. The predicted molar refractivity (Wildman–Crippen MR) is 98.3 cm³/mol. The van der Waals surface area contributed by atoms with Crippen molar-refractivity contribution >= 4 is 23.4 Å². The molecule has 2 amide bonds. The summed E-state index contributed by atoms with van der Waals surface area (Å²) in [6.45, 7) is -0.275. The summed E-state index contributed by atoms with van der Waals surface area (Å²) in [6.07, 6.45) is 3.67. The summed E-state index contributed by atoms with van der Waals surface area (Å²) in [4.78, 5) is 24.3. The second kappa shape index (κ2) is 8.22. The van der Waals surface area contributed by atoms with Crippen molar-refractivity contribution < 1.29 is 14.3 Å². The number of amides is 2.